The van der Waals surface area contributed by atoms with E-state index >= 15 is 0 Å². The first-order chi connectivity index (χ1) is 7.19. The molecule has 0 aromatic heterocycles. The van der Waals surface area contributed by atoms with Crippen molar-refractivity contribution < 1.29 is 13.9 Å². The number of halogens is 1. The molecule has 0 spiro atoms. The molecule has 0 saturated carbocycles. The molecular weight excluding hydrogens is 197 g/mol. The maximum Gasteiger partial charge on any atom is 0.183 e. The lowest BCUT2D eigenvalue weighted by molar-refractivity contribution is -0.140. The zero-order chi connectivity index (χ0) is 11.3. The Hall–Kier alpha value is -1.13. The summed E-state index contributed by atoms with van der Waals surface area (Å²) in [6.07, 6.45) is -0.470. The summed E-state index contributed by atoms with van der Waals surface area (Å²) in [7, 11) is 0. The molecule has 0 amide bonds. The first-order valence-electron chi connectivity index (χ1n) is 4.97. The second-order valence-electron chi connectivity index (χ2n) is 3.02. The van der Waals surface area contributed by atoms with E-state index in [9.17, 15) is 4.39 Å². The molecule has 0 saturated heterocycles. The lowest BCUT2D eigenvalue weighted by atomic mass is 10.2. The normalized spacial score (nSPS) is 10.9. The summed E-state index contributed by atoms with van der Waals surface area (Å²) in [6, 6.07) is 4.46. The lowest BCUT2D eigenvalue weighted by Crippen LogP contribution is -2.09. The van der Waals surface area contributed by atoms with Crippen LogP contribution in [0.4, 0.5) is 10.1 Å². The predicted octanol–water partition coefficient (Wildman–Crippen LogP) is 2.48. The van der Waals surface area contributed by atoms with Crippen molar-refractivity contribution in [1.29, 1.82) is 0 Å². The van der Waals surface area contributed by atoms with E-state index in [2.05, 4.69) is 0 Å². The van der Waals surface area contributed by atoms with Gasteiger partial charge in [0.1, 0.15) is 5.82 Å². The highest BCUT2D eigenvalue weighted by atomic mass is 19.1. The summed E-state index contributed by atoms with van der Waals surface area (Å²) in [4.78, 5) is 0. The number of rotatable bonds is 5. The Morgan fingerprint density at radius 1 is 1.27 bits per heavy atom. The number of benzene rings is 1. The van der Waals surface area contributed by atoms with Gasteiger partial charge in [-0.3, -0.25) is 0 Å². The fourth-order valence-corrected chi connectivity index (χ4v) is 1.25. The van der Waals surface area contributed by atoms with Gasteiger partial charge in [0.2, 0.25) is 0 Å². The number of ether oxygens (including phenoxy) is 2. The van der Waals surface area contributed by atoms with Crippen LogP contribution in [-0.4, -0.2) is 13.2 Å². The number of anilines is 1. The molecule has 0 aliphatic heterocycles. The smallest absolute Gasteiger partial charge is 0.183 e. The summed E-state index contributed by atoms with van der Waals surface area (Å²) in [5.74, 6) is -0.425. The largest absolute Gasteiger partial charge is 0.396 e. The van der Waals surface area contributed by atoms with Crippen LogP contribution in [0.1, 0.15) is 25.7 Å². The van der Waals surface area contributed by atoms with Crippen LogP contribution in [0.2, 0.25) is 0 Å². The summed E-state index contributed by atoms with van der Waals surface area (Å²) in [5, 5.41) is 0. The molecule has 0 radical (unpaired) electrons. The van der Waals surface area contributed by atoms with Crippen LogP contribution in [0.25, 0.3) is 0 Å². The standard InChI is InChI=1S/C11H16FNO2/c1-3-14-11(15-4-2)8-5-6-9(12)10(13)7-8/h5-7,11H,3-4,13H2,1-2H3. The molecule has 3 nitrogen and oxygen atoms in total. The van der Waals surface area contributed by atoms with E-state index in [0.717, 1.165) is 5.56 Å². The molecule has 0 aliphatic rings. The van der Waals surface area contributed by atoms with Crippen molar-refractivity contribution in [3.8, 4) is 0 Å². The zero-order valence-corrected chi connectivity index (χ0v) is 9.00. The third-order valence-corrected chi connectivity index (χ3v) is 1.93. The van der Waals surface area contributed by atoms with Crippen molar-refractivity contribution in [2.24, 2.45) is 0 Å². The Balaban J connectivity index is 2.85. The van der Waals surface area contributed by atoms with E-state index in [1.807, 2.05) is 13.8 Å². The average Bonchev–Trinajstić information content (AvgIpc) is 2.22. The van der Waals surface area contributed by atoms with Crippen LogP contribution in [0, 0.1) is 5.82 Å². The maximum absolute atomic E-state index is 12.9. The summed E-state index contributed by atoms with van der Waals surface area (Å²) < 4.78 is 23.7. The van der Waals surface area contributed by atoms with Gasteiger partial charge < -0.3 is 15.2 Å². The molecule has 0 heterocycles. The minimum absolute atomic E-state index is 0.108. The van der Waals surface area contributed by atoms with E-state index < -0.39 is 12.1 Å². The topological polar surface area (TPSA) is 44.5 Å². The third kappa shape index (κ3) is 3.18. The summed E-state index contributed by atoms with van der Waals surface area (Å²) in [5.41, 5.74) is 6.31. The Kier molecular flexibility index (Phi) is 4.52. The highest BCUT2D eigenvalue weighted by Gasteiger charge is 2.12. The van der Waals surface area contributed by atoms with Crippen LogP contribution in [-0.2, 0) is 9.47 Å². The molecule has 1 aromatic carbocycles. The minimum Gasteiger partial charge on any atom is -0.396 e. The molecule has 0 aliphatic carbocycles. The Morgan fingerprint density at radius 2 is 1.87 bits per heavy atom. The highest BCUT2D eigenvalue weighted by Crippen LogP contribution is 2.22. The molecule has 4 heteroatoms. The Labute approximate surface area is 89.0 Å². The number of nitrogens with two attached hydrogens (primary N) is 1. The second-order valence-corrected chi connectivity index (χ2v) is 3.02. The average molecular weight is 213 g/mol. The monoisotopic (exact) mass is 213 g/mol. The molecule has 1 rings (SSSR count). The molecule has 0 fully saturated rings. The molecule has 2 N–H and O–H groups in total. The van der Waals surface area contributed by atoms with Crippen LogP contribution in [0.5, 0.6) is 0 Å². The predicted molar refractivity (Wildman–Crippen MR) is 56.8 cm³/mol. The van der Waals surface area contributed by atoms with Crippen molar-refractivity contribution in [2.45, 2.75) is 20.1 Å². The van der Waals surface area contributed by atoms with Crippen molar-refractivity contribution in [3.05, 3.63) is 29.6 Å². The Morgan fingerprint density at radius 3 is 2.33 bits per heavy atom. The zero-order valence-electron chi connectivity index (χ0n) is 9.00. The van der Waals surface area contributed by atoms with Crippen molar-refractivity contribution in [1.82, 2.24) is 0 Å². The lowest BCUT2D eigenvalue weighted by Gasteiger charge is -2.17. The fourth-order valence-electron chi connectivity index (χ4n) is 1.25. The van der Waals surface area contributed by atoms with E-state index in [1.54, 1.807) is 6.07 Å². The minimum atomic E-state index is -0.470. The molecule has 0 atom stereocenters. The Bertz CT molecular complexity index is 311. The van der Waals surface area contributed by atoms with Gasteiger partial charge in [-0.15, -0.1) is 0 Å². The first-order valence-corrected chi connectivity index (χ1v) is 4.97. The molecule has 0 bridgehead atoms. The molecular formula is C11H16FNO2. The summed E-state index contributed by atoms with van der Waals surface area (Å²) in [6.45, 7) is 4.81. The van der Waals surface area contributed by atoms with Gasteiger partial charge in [0.25, 0.3) is 0 Å². The molecule has 84 valence electrons. The van der Waals surface area contributed by atoms with Crippen molar-refractivity contribution >= 4 is 5.69 Å². The van der Waals surface area contributed by atoms with Gasteiger partial charge in [0, 0.05) is 18.8 Å². The van der Waals surface area contributed by atoms with Gasteiger partial charge in [0.15, 0.2) is 6.29 Å². The highest BCUT2D eigenvalue weighted by molar-refractivity contribution is 5.42. The fraction of sp³-hybridized carbons (Fsp3) is 0.455. The van der Waals surface area contributed by atoms with Gasteiger partial charge in [-0.1, -0.05) is 6.07 Å². The summed E-state index contributed by atoms with van der Waals surface area (Å²) >= 11 is 0. The number of hydrogen-bond donors (Lipinski definition) is 1. The molecule has 1 aromatic rings. The van der Waals surface area contributed by atoms with Gasteiger partial charge in [-0.2, -0.15) is 0 Å². The van der Waals surface area contributed by atoms with Crippen LogP contribution in [0.3, 0.4) is 0 Å². The quantitative estimate of drug-likeness (QED) is 0.603. The van der Waals surface area contributed by atoms with Crippen molar-refractivity contribution in [3.63, 3.8) is 0 Å². The third-order valence-electron chi connectivity index (χ3n) is 1.93. The van der Waals surface area contributed by atoms with Gasteiger partial charge in [0.05, 0.1) is 5.69 Å². The molecule has 15 heavy (non-hydrogen) atoms. The van der Waals surface area contributed by atoms with E-state index in [0.29, 0.717) is 13.2 Å². The van der Waals surface area contributed by atoms with Gasteiger partial charge in [-0.25, -0.2) is 4.39 Å². The van der Waals surface area contributed by atoms with E-state index in [4.69, 9.17) is 15.2 Å². The second kappa shape index (κ2) is 5.68. The van der Waals surface area contributed by atoms with Crippen LogP contribution >= 0.6 is 0 Å². The van der Waals surface area contributed by atoms with Gasteiger partial charge in [-0.05, 0) is 26.0 Å². The number of hydrogen-bond acceptors (Lipinski definition) is 3. The van der Waals surface area contributed by atoms with Gasteiger partial charge >= 0.3 is 0 Å². The van der Waals surface area contributed by atoms with Crippen molar-refractivity contribution in [2.75, 3.05) is 18.9 Å². The SMILES string of the molecule is CCOC(OCC)c1ccc(F)c(N)c1. The number of nitrogen functional groups attached to an aromatic ring is 1. The van der Waals surface area contributed by atoms with E-state index in [-0.39, 0.29) is 5.69 Å². The van der Waals surface area contributed by atoms with Crippen LogP contribution < -0.4 is 5.73 Å². The molecule has 0 unspecified atom stereocenters. The maximum atomic E-state index is 12.9. The van der Waals surface area contributed by atoms with E-state index in [1.165, 1.54) is 12.1 Å². The first kappa shape index (κ1) is 11.9. The van der Waals surface area contributed by atoms with Crippen LogP contribution in [0.15, 0.2) is 18.2 Å².